The summed E-state index contributed by atoms with van der Waals surface area (Å²) >= 11 is 0. The number of rotatable bonds is 6. The molecule has 6 heteroatoms. The first-order valence-electron chi connectivity index (χ1n) is 7.72. The fourth-order valence-electron chi connectivity index (χ4n) is 2.67. The predicted molar refractivity (Wildman–Crippen MR) is 80.0 cm³/mol. The van der Waals surface area contributed by atoms with E-state index in [9.17, 15) is 9.18 Å². The quantitative estimate of drug-likeness (QED) is 0.818. The number of amides is 1. The van der Waals surface area contributed by atoms with Gasteiger partial charge in [0.25, 0.3) is 0 Å². The molecule has 2 atom stereocenters. The van der Waals surface area contributed by atoms with E-state index in [1.165, 1.54) is 18.3 Å². The lowest BCUT2D eigenvalue weighted by Gasteiger charge is -2.33. The summed E-state index contributed by atoms with van der Waals surface area (Å²) in [6.45, 7) is 5.33. The minimum absolute atomic E-state index is 0.0245. The Morgan fingerprint density at radius 1 is 1.59 bits per heavy atom. The first-order valence-corrected chi connectivity index (χ1v) is 7.72. The molecule has 2 rings (SSSR count). The summed E-state index contributed by atoms with van der Waals surface area (Å²) < 4.78 is 24.2. The van der Waals surface area contributed by atoms with Gasteiger partial charge in [0.05, 0.1) is 18.6 Å². The molecule has 0 aliphatic carbocycles. The van der Waals surface area contributed by atoms with Crippen molar-refractivity contribution in [3.8, 4) is 5.88 Å². The second-order valence-electron chi connectivity index (χ2n) is 5.76. The maximum Gasteiger partial charge on any atom is 0.250 e. The normalized spacial score (nSPS) is 21.6. The van der Waals surface area contributed by atoms with Crippen molar-refractivity contribution < 1.29 is 18.7 Å². The summed E-state index contributed by atoms with van der Waals surface area (Å²) in [5.74, 6) is -0.397. The number of hydrogen-bond acceptors (Lipinski definition) is 4. The zero-order valence-electron chi connectivity index (χ0n) is 13.0. The topological polar surface area (TPSA) is 60.5 Å². The molecule has 0 radical (unpaired) electrons. The lowest BCUT2D eigenvalue weighted by molar-refractivity contribution is -0.137. The lowest BCUT2D eigenvalue weighted by atomic mass is 9.87. The van der Waals surface area contributed by atoms with E-state index >= 15 is 0 Å². The van der Waals surface area contributed by atoms with Crippen LogP contribution in [0.3, 0.4) is 0 Å². The molecule has 0 saturated carbocycles. The minimum atomic E-state index is -0.505. The van der Waals surface area contributed by atoms with Gasteiger partial charge in [0, 0.05) is 12.8 Å². The van der Waals surface area contributed by atoms with Crippen molar-refractivity contribution in [1.29, 1.82) is 0 Å². The van der Waals surface area contributed by atoms with Gasteiger partial charge in [-0.15, -0.1) is 0 Å². The van der Waals surface area contributed by atoms with Gasteiger partial charge in [0.2, 0.25) is 11.8 Å². The number of aromatic nitrogens is 1. The summed E-state index contributed by atoms with van der Waals surface area (Å²) in [7, 11) is 0. The molecule has 1 aromatic heterocycles. The third-order valence-corrected chi connectivity index (χ3v) is 3.72. The van der Waals surface area contributed by atoms with Crippen LogP contribution < -0.4 is 10.1 Å². The molecule has 1 amide bonds. The molecule has 0 bridgehead atoms. The highest BCUT2D eigenvalue weighted by Crippen LogP contribution is 2.26. The molecule has 0 aromatic carbocycles. The minimum Gasteiger partial charge on any atom is -0.474 e. The van der Waals surface area contributed by atoms with Crippen LogP contribution in [0, 0.1) is 17.7 Å². The monoisotopic (exact) mass is 310 g/mol. The van der Waals surface area contributed by atoms with Crippen LogP contribution in [-0.4, -0.2) is 36.8 Å². The molecule has 0 spiro atoms. The second kappa shape index (κ2) is 8.08. The molecule has 1 saturated heterocycles. The van der Waals surface area contributed by atoms with E-state index in [1.54, 1.807) is 0 Å². The highest BCUT2D eigenvalue weighted by Gasteiger charge is 2.33. The number of halogens is 1. The zero-order valence-corrected chi connectivity index (χ0v) is 13.0. The molecule has 1 aliphatic rings. The van der Waals surface area contributed by atoms with E-state index in [0.29, 0.717) is 19.1 Å². The van der Waals surface area contributed by atoms with E-state index < -0.39 is 5.82 Å². The molecular formula is C16H23FN2O3. The summed E-state index contributed by atoms with van der Waals surface area (Å²) in [6, 6.07) is 2.78. The van der Waals surface area contributed by atoms with Crippen LogP contribution in [0.4, 0.5) is 4.39 Å². The Bertz CT molecular complexity index is 496. The summed E-state index contributed by atoms with van der Waals surface area (Å²) in [4.78, 5) is 16.0. The van der Waals surface area contributed by atoms with Crippen LogP contribution in [0.2, 0.25) is 0 Å². The van der Waals surface area contributed by atoms with Crippen molar-refractivity contribution in [3.63, 3.8) is 0 Å². The number of nitrogens with one attached hydrogen (secondary N) is 1. The molecule has 5 nitrogen and oxygen atoms in total. The Morgan fingerprint density at radius 3 is 3.14 bits per heavy atom. The Morgan fingerprint density at radius 2 is 2.41 bits per heavy atom. The number of carbonyl (C=O) groups is 1. The summed E-state index contributed by atoms with van der Waals surface area (Å²) in [5, 5.41) is 2.83. The van der Waals surface area contributed by atoms with Gasteiger partial charge in [0.1, 0.15) is 6.61 Å². The first-order chi connectivity index (χ1) is 10.6. The third-order valence-electron chi connectivity index (χ3n) is 3.72. The largest absolute Gasteiger partial charge is 0.474 e. The molecule has 0 unspecified atom stereocenters. The summed E-state index contributed by atoms with van der Waals surface area (Å²) in [5.41, 5.74) is 0. The van der Waals surface area contributed by atoms with E-state index in [-0.39, 0.29) is 30.4 Å². The number of hydrogen-bond donors (Lipinski definition) is 1. The zero-order chi connectivity index (χ0) is 15.9. The van der Waals surface area contributed by atoms with Gasteiger partial charge in [-0.3, -0.25) is 4.79 Å². The molecule has 1 N–H and O–H groups in total. The highest BCUT2D eigenvalue weighted by atomic mass is 19.1. The van der Waals surface area contributed by atoms with Crippen molar-refractivity contribution >= 4 is 5.91 Å². The van der Waals surface area contributed by atoms with Gasteiger partial charge in [-0.2, -0.15) is 0 Å². The molecule has 1 fully saturated rings. The highest BCUT2D eigenvalue weighted by molar-refractivity contribution is 5.79. The smallest absolute Gasteiger partial charge is 0.250 e. The van der Waals surface area contributed by atoms with Gasteiger partial charge >= 0.3 is 0 Å². The molecule has 2 heterocycles. The maximum absolute atomic E-state index is 13.3. The lowest BCUT2D eigenvalue weighted by Crippen LogP contribution is -2.44. The molecule has 1 aromatic rings. The fraction of sp³-hybridized carbons (Fsp3) is 0.625. The van der Waals surface area contributed by atoms with Crippen LogP contribution in [-0.2, 0) is 9.53 Å². The van der Waals surface area contributed by atoms with Crippen LogP contribution in [0.1, 0.15) is 26.7 Å². The molecule has 1 aliphatic heterocycles. The van der Waals surface area contributed by atoms with E-state index in [2.05, 4.69) is 24.1 Å². The number of ether oxygens (including phenoxy) is 2. The van der Waals surface area contributed by atoms with Crippen molar-refractivity contribution in [2.45, 2.75) is 32.8 Å². The molecular weight excluding hydrogens is 287 g/mol. The van der Waals surface area contributed by atoms with Crippen molar-refractivity contribution in [1.82, 2.24) is 10.3 Å². The van der Waals surface area contributed by atoms with E-state index in [0.717, 1.165) is 12.8 Å². The Balaban J connectivity index is 1.76. The fourth-order valence-corrected chi connectivity index (χ4v) is 2.67. The van der Waals surface area contributed by atoms with E-state index in [1.807, 2.05) is 0 Å². The molecule has 22 heavy (non-hydrogen) atoms. The third kappa shape index (κ3) is 4.40. The summed E-state index contributed by atoms with van der Waals surface area (Å²) in [6.07, 6.45) is 3.16. The van der Waals surface area contributed by atoms with Crippen molar-refractivity contribution in [2.24, 2.45) is 11.8 Å². The van der Waals surface area contributed by atoms with Gasteiger partial charge in [-0.1, -0.05) is 13.8 Å². The van der Waals surface area contributed by atoms with Crippen LogP contribution in [0.5, 0.6) is 5.88 Å². The number of pyridine rings is 1. The molecule has 122 valence electrons. The second-order valence-corrected chi connectivity index (χ2v) is 5.76. The predicted octanol–water partition coefficient (Wildman–Crippen LogP) is 2.17. The van der Waals surface area contributed by atoms with Gasteiger partial charge in [-0.05, 0) is 30.9 Å². The number of carbonyl (C=O) groups excluding carboxylic acids is 1. The van der Waals surface area contributed by atoms with E-state index in [4.69, 9.17) is 9.47 Å². The first kappa shape index (κ1) is 16.7. The Labute approximate surface area is 130 Å². The van der Waals surface area contributed by atoms with Crippen LogP contribution in [0.25, 0.3) is 0 Å². The Kier molecular flexibility index (Phi) is 6.12. The van der Waals surface area contributed by atoms with Crippen LogP contribution >= 0.6 is 0 Å². The average molecular weight is 310 g/mol. The Hall–Kier alpha value is -1.69. The van der Waals surface area contributed by atoms with Crippen LogP contribution in [0.15, 0.2) is 18.3 Å². The van der Waals surface area contributed by atoms with Gasteiger partial charge in [0.15, 0.2) is 5.82 Å². The standard InChI is InChI=1S/C16H23FN2O3/c1-11(2)14-12(5-4-9-21-14)15(20)18-8-10-22-16-13(17)6-3-7-19-16/h3,6-7,11-12,14H,4-5,8-10H2,1-2H3,(H,18,20)/t12-,14+/m0/s1. The van der Waals surface area contributed by atoms with Crippen molar-refractivity contribution in [3.05, 3.63) is 24.1 Å². The van der Waals surface area contributed by atoms with Gasteiger partial charge < -0.3 is 14.8 Å². The van der Waals surface area contributed by atoms with Gasteiger partial charge in [-0.25, -0.2) is 9.37 Å². The SMILES string of the molecule is CC(C)[C@H]1OCCC[C@@H]1C(=O)NCCOc1ncccc1F. The maximum atomic E-state index is 13.3. The van der Waals surface area contributed by atoms with Crippen molar-refractivity contribution in [2.75, 3.05) is 19.8 Å². The average Bonchev–Trinajstić information content (AvgIpc) is 2.52. The number of nitrogens with zero attached hydrogens (tertiary/aromatic N) is 1.